The van der Waals surface area contributed by atoms with Gasteiger partial charge in [0.1, 0.15) is 4.90 Å². The molecule has 7 heteroatoms. The van der Waals surface area contributed by atoms with E-state index in [0.29, 0.717) is 17.6 Å². The molecule has 2 N–H and O–H groups in total. The summed E-state index contributed by atoms with van der Waals surface area (Å²) in [7, 11) is -3.32. The van der Waals surface area contributed by atoms with E-state index in [9.17, 15) is 8.42 Å². The minimum absolute atomic E-state index is 0.140. The van der Waals surface area contributed by atoms with Crippen molar-refractivity contribution < 1.29 is 8.42 Å². The highest BCUT2D eigenvalue weighted by molar-refractivity contribution is 7.90. The van der Waals surface area contributed by atoms with Crippen LogP contribution in [0.5, 0.6) is 0 Å². The molecular formula is C17H28N4O2S. The van der Waals surface area contributed by atoms with Crippen LogP contribution in [0.2, 0.25) is 0 Å². The zero-order valence-electron chi connectivity index (χ0n) is 14.4. The SMILES string of the molecule is CS(=O)(=O)c1cnc(NCC2CCCCC2)nc1[C@H]1CCCNC1. The highest BCUT2D eigenvalue weighted by atomic mass is 32.2. The highest BCUT2D eigenvalue weighted by Gasteiger charge is 2.25. The molecule has 1 aliphatic carbocycles. The Labute approximate surface area is 144 Å². The van der Waals surface area contributed by atoms with E-state index in [1.165, 1.54) is 44.6 Å². The van der Waals surface area contributed by atoms with Gasteiger partial charge in [-0.1, -0.05) is 19.3 Å². The Bertz CT molecular complexity index is 651. The lowest BCUT2D eigenvalue weighted by atomic mass is 9.89. The molecule has 1 saturated heterocycles. The van der Waals surface area contributed by atoms with E-state index >= 15 is 0 Å². The highest BCUT2D eigenvalue weighted by Crippen LogP contribution is 2.28. The number of sulfone groups is 1. The molecule has 0 aromatic carbocycles. The maximum Gasteiger partial charge on any atom is 0.222 e. The summed E-state index contributed by atoms with van der Waals surface area (Å²) >= 11 is 0. The maximum atomic E-state index is 12.1. The first-order valence-corrected chi connectivity index (χ1v) is 10.9. The van der Waals surface area contributed by atoms with E-state index in [1.807, 2.05) is 0 Å². The van der Waals surface area contributed by atoms with Crippen molar-refractivity contribution in [2.75, 3.05) is 31.2 Å². The summed E-state index contributed by atoms with van der Waals surface area (Å²) in [5, 5.41) is 6.67. The van der Waals surface area contributed by atoms with Crippen LogP contribution >= 0.6 is 0 Å². The zero-order chi connectivity index (χ0) is 17.0. The molecule has 2 aliphatic rings. The molecule has 3 rings (SSSR count). The molecule has 1 aromatic heterocycles. The molecule has 0 radical (unpaired) electrons. The predicted molar refractivity (Wildman–Crippen MR) is 95.1 cm³/mol. The number of hydrogen-bond acceptors (Lipinski definition) is 6. The minimum atomic E-state index is -3.32. The molecule has 24 heavy (non-hydrogen) atoms. The summed E-state index contributed by atoms with van der Waals surface area (Å²) in [6.45, 7) is 2.64. The van der Waals surface area contributed by atoms with Crippen molar-refractivity contribution in [3.05, 3.63) is 11.9 Å². The fourth-order valence-corrected chi connectivity index (χ4v) is 4.60. The van der Waals surface area contributed by atoms with Crippen LogP contribution in [0.15, 0.2) is 11.1 Å². The van der Waals surface area contributed by atoms with Crippen LogP contribution in [-0.2, 0) is 9.84 Å². The van der Waals surface area contributed by atoms with Crippen molar-refractivity contribution in [3.8, 4) is 0 Å². The summed E-state index contributed by atoms with van der Waals surface area (Å²) in [6.07, 6.45) is 11.2. The standard InChI is InChI=1S/C17H28N4O2S/c1-24(22,23)15-12-20-17(19-10-13-6-3-2-4-7-13)21-16(15)14-8-5-9-18-11-14/h12-14,18H,2-11H2,1H3,(H,19,20,21)/t14-/m0/s1. The van der Waals surface area contributed by atoms with Crippen LogP contribution in [0.25, 0.3) is 0 Å². The minimum Gasteiger partial charge on any atom is -0.354 e. The lowest BCUT2D eigenvalue weighted by Gasteiger charge is -2.25. The molecular weight excluding hydrogens is 324 g/mol. The number of piperidine rings is 1. The molecule has 0 unspecified atom stereocenters. The van der Waals surface area contributed by atoms with E-state index in [4.69, 9.17) is 0 Å². The van der Waals surface area contributed by atoms with Crippen LogP contribution in [0.3, 0.4) is 0 Å². The van der Waals surface area contributed by atoms with Gasteiger partial charge in [0.05, 0.1) is 11.9 Å². The molecule has 134 valence electrons. The van der Waals surface area contributed by atoms with Crippen molar-refractivity contribution in [2.24, 2.45) is 5.92 Å². The molecule has 2 fully saturated rings. The summed E-state index contributed by atoms with van der Waals surface area (Å²) in [6, 6.07) is 0. The summed E-state index contributed by atoms with van der Waals surface area (Å²) in [5.74, 6) is 1.38. The Kier molecular flexibility index (Phi) is 5.71. The second-order valence-corrected chi connectivity index (χ2v) is 9.13. The molecule has 1 saturated carbocycles. The fourth-order valence-electron chi connectivity index (χ4n) is 3.76. The topological polar surface area (TPSA) is 84.0 Å². The van der Waals surface area contributed by atoms with Gasteiger partial charge in [0, 0.05) is 25.3 Å². The van der Waals surface area contributed by atoms with Crippen molar-refractivity contribution in [1.82, 2.24) is 15.3 Å². The Balaban J connectivity index is 1.77. The predicted octanol–water partition coefficient (Wildman–Crippen LogP) is 2.34. The van der Waals surface area contributed by atoms with E-state index in [1.54, 1.807) is 0 Å². The molecule has 0 bridgehead atoms. The van der Waals surface area contributed by atoms with Crippen molar-refractivity contribution >= 4 is 15.8 Å². The van der Waals surface area contributed by atoms with Gasteiger partial charge in [-0.3, -0.25) is 0 Å². The van der Waals surface area contributed by atoms with Crippen molar-refractivity contribution in [2.45, 2.75) is 55.8 Å². The number of anilines is 1. The lowest BCUT2D eigenvalue weighted by Crippen LogP contribution is -2.30. The average molecular weight is 353 g/mol. The van der Waals surface area contributed by atoms with Crippen LogP contribution in [0, 0.1) is 5.92 Å². The van der Waals surface area contributed by atoms with E-state index in [-0.39, 0.29) is 10.8 Å². The molecule has 1 atom stereocenters. The number of nitrogens with one attached hydrogen (secondary N) is 2. The Morgan fingerprint density at radius 1 is 1.21 bits per heavy atom. The first kappa shape index (κ1) is 17.6. The van der Waals surface area contributed by atoms with Gasteiger partial charge in [-0.05, 0) is 38.1 Å². The Hall–Kier alpha value is -1.21. The van der Waals surface area contributed by atoms with Crippen molar-refractivity contribution in [1.29, 1.82) is 0 Å². The summed E-state index contributed by atoms with van der Waals surface area (Å²) in [5.41, 5.74) is 0.672. The molecule has 2 heterocycles. The number of hydrogen-bond donors (Lipinski definition) is 2. The second-order valence-electron chi connectivity index (χ2n) is 7.14. The van der Waals surface area contributed by atoms with Crippen molar-refractivity contribution in [3.63, 3.8) is 0 Å². The van der Waals surface area contributed by atoms with Crippen LogP contribution in [-0.4, -0.2) is 44.3 Å². The van der Waals surface area contributed by atoms with E-state index in [0.717, 1.165) is 32.5 Å². The van der Waals surface area contributed by atoms with Crippen LogP contribution in [0.4, 0.5) is 5.95 Å². The number of aromatic nitrogens is 2. The third-order valence-corrected chi connectivity index (χ3v) is 6.25. The maximum absolute atomic E-state index is 12.1. The third kappa shape index (κ3) is 4.45. The van der Waals surface area contributed by atoms with Gasteiger partial charge < -0.3 is 10.6 Å². The van der Waals surface area contributed by atoms with Crippen LogP contribution < -0.4 is 10.6 Å². The molecule has 0 amide bonds. The molecule has 6 nitrogen and oxygen atoms in total. The number of rotatable bonds is 5. The molecule has 1 aliphatic heterocycles. The fraction of sp³-hybridized carbons (Fsp3) is 0.765. The van der Waals surface area contributed by atoms with Gasteiger partial charge in [-0.15, -0.1) is 0 Å². The second kappa shape index (κ2) is 7.78. The Morgan fingerprint density at radius 3 is 2.67 bits per heavy atom. The number of nitrogens with zero attached hydrogens (tertiary/aromatic N) is 2. The normalized spacial score (nSPS) is 23.1. The van der Waals surface area contributed by atoms with Gasteiger partial charge >= 0.3 is 0 Å². The smallest absolute Gasteiger partial charge is 0.222 e. The van der Waals surface area contributed by atoms with Gasteiger partial charge in [0.15, 0.2) is 9.84 Å². The first-order chi connectivity index (χ1) is 11.5. The summed E-state index contributed by atoms with van der Waals surface area (Å²) < 4.78 is 24.2. The largest absolute Gasteiger partial charge is 0.354 e. The Morgan fingerprint density at radius 2 is 2.00 bits per heavy atom. The third-order valence-electron chi connectivity index (χ3n) is 5.14. The van der Waals surface area contributed by atoms with E-state index in [2.05, 4.69) is 20.6 Å². The first-order valence-electron chi connectivity index (χ1n) is 9.05. The molecule has 1 aromatic rings. The van der Waals surface area contributed by atoms with Gasteiger partial charge in [-0.25, -0.2) is 18.4 Å². The van der Waals surface area contributed by atoms with E-state index < -0.39 is 9.84 Å². The van der Waals surface area contributed by atoms with Gasteiger partial charge in [0.2, 0.25) is 5.95 Å². The van der Waals surface area contributed by atoms with Gasteiger partial charge in [-0.2, -0.15) is 0 Å². The van der Waals surface area contributed by atoms with Gasteiger partial charge in [0.25, 0.3) is 0 Å². The van der Waals surface area contributed by atoms with Crippen LogP contribution in [0.1, 0.15) is 56.6 Å². The monoisotopic (exact) mass is 352 g/mol. The average Bonchev–Trinajstić information content (AvgIpc) is 2.60. The quantitative estimate of drug-likeness (QED) is 0.846. The molecule has 0 spiro atoms. The lowest BCUT2D eigenvalue weighted by molar-refractivity contribution is 0.373. The zero-order valence-corrected chi connectivity index (χ0v) is 15.2. The summed E-state index contributed by atoms with van der Waals surface area (Å²) in [4.78, 5) is 9.15.